The van der Waals surface area contributed by atoms with E-state index in [-0.39, 0.29) is 17.3 Å². The van der Waals surface area contributed by atoms with Crippen LogP contribution in [0, 0.1) is 0 Å². The topological polar surface area (TPSA) is 104 Å². The van der Waals surface area contributed by atoms with Gasteiger partial charge >= 0.3 is 0 Å². The first-order chi connectivity index (χ1) is 13.1. The monoisotopic (exact) mass is 364 g/mol. The van der Waals surface area contributed by atoms with Crippen LogP contribution in [0.1, 0.15) is 22.6 Å². The Kier molecular flexibility index (Phi) is 5.94. The van der Waals surface area contributed by atoms with E-state index >= 15 is 0 Å². The van der Waals surface area contributed by atoms with Crippen molar-refractivity contribution < 1.29 is 9.59 Å². The molecule has 0 bridgehead atoms. The molecule has 2 amide bonds. The molecule has 0 atom stereocenters. The average molecular weight is 364 g/mol. The van der Waals surface area contributed by atoms with Crippen LogP contribution in [0.2, 0.25) is 0 Å². The van der Waals surface area contributed by atoms with Crippen molar-refractivity contribution in [3.63, 3.8) is 0 Å². The zero-order valence-electron chi connectivity index (χ0n) is 14.7. The summed E-state index contributed by atoms with van der Waals surface area (Å²) in [6.45, 7) is 0.814. The van der Waals surface area contributed by atoms with Crippen LogP contribution < -0.4 is 16.2 Å². The molecule has 0 aliphatic heterocycles. The first-order valence-corrected chi connectivity index (χ1v) is 8.71. The number of aromatic amines is 1. The summed E-state index contributed by atoms with van der Waals surface area (Å²) < 4.78 is 0. The summed E-state index contributed by atoms with van der Waals surface area (Å²) >= 11 is 0. The van der Waals surface area contributed by atoms with Gasteiger partial charge in [0.25, 0.3) is 11.5 Å². The summed E-state index contributed by atoms with van der Waals surface area (Å²) in [5, 5.41) is 5.95. The van der Waals surface area contributed by atoms with Gasteiger partial charge in [-0.25, -0.2) is 4.98 Å². The lowest BCUT2D eigenvalue weighted by atomic mass is 10.1. The summed E-state index contributed by atoms with van der Waals surface area (Å²) in [6, 6.07) is 16.3. The number of amides is 2. The van der Waals surface area contributed by atoms with E-state index in [1.807, 2.05) is 30.3 Å². The number of hydrogen-bond donors (Lipinski definition) is 3. The van der Waals surface area contributed by atoms with Crippen molar-refractivity contribution >= 4 is 22.7 Å². The number of hydrogen-bond acceptors (Lipinski definition) is 4. The van der Waals surface area contributed by atoms with E-state index < -0.39 is 5.91 Å². The Labute approximate surface area is 155 Å². The smallest absolute Gasteiger partial charge is 0.287 e. The van der Waals surface area contributed by atoms with Crippen LogP contribution in [0.25, 0.3) is 10.9 Å². The lowest BCUT2D eigenvalue weighted by molar-refractivity contribution is -0.120. The molecule has 0 fully saturated rings. The number of fused-ring (bicyclic) bond motifs is 1. The summed E-state index contributed by atoms with van der Waals surface area (Å²) in [5.41, 5.74) is 1.08. The Morgan fingerprint density at radius 1 is 0.926 bits per heavy atom. The number of nitrogens with one attached hydrogen (secondary N) is 3. The van der Waals surface area contributed by atoms with Gasteiger partial charge < -0.3 is 15.6 Å². The first-order valence-electron chi connectivity index (χ1n) is 8.71. The fraction of sp³-hybridized carbons (Fsp3) is 0.200. The second-order valence-corrected chi connectivity index (χ2v) is 6.05. The fourth-order valence-corrected chi connectivity index (χ4v) is 2.64. The zero-order valence-corrected chi connectivity index (χ0v) is 14.7. The van der Waals surface area contributed by atoms with Crippen molar-refractivity contribution in [3.05, 3.63) is 76.3 Å². The molecule has 7 nitrogen and oxygen atoms in total. The van der Waals surface area contributed by atoms with Crippen LogP contribution in [0.15, 0.2) is 59.4 Å². The average Bonchev–Trinajstić information content (AvgIpc) is 2.68. The SMILES string of the molecule is O=C(Cc1ccccc1)NCCCNC(=O)c1nc2ccccc2c(=O)[nH]1. The third kappa shape index (κ3) is 5.01. The maximum atomic E-state index is 12.1. The number of carbonyl (C=O) groups is 2. The molecule has 3 N–H and O–H groups in total. The Balaban J connectivity index is 1.43. The predicted molar refractivity (Wildman–Crippen MR) is 102 cm³/mol. The maximum absolute atomic E-state index is 12.1. The molecule has 0 aliphatic carbocycles. The second kappa shape index (κ2) is 8.75. The lowest BCUT2D eigenvalue weighted by Gasteiger charge is -2.07. The number of aromatic nitrogens is 2. The van der Waals surface area contributed by atoms with Crippen LogP contribution in [0.5, 0.6) is 0 Å². The molecule has 0 spiro atoms. The Morgan fingerprint density at radius 3 is 2.44 bits per heavy atom. The van der Waals surface area contributed by atoms with Crippen LogP contribution in [-0.4, -0.2) is 34.9 Å². The normalized spacial score (nSPS) is 10.5. The van der Waals surface area contributed by atoms with Gasteiger partial charge in [0, 0.05) is 13.1 Å². The summed E-state index contributed by atoms with van der Waals surface area (Å²) in [6.07, 6.45) is 0.902. The molecule has 0 saturated heterocycles. The van der Waals surface area contributed by atoms with Crippen molar-refractivity contribution in [1.29, 1.82) is 0 Å². The van der Waals surface area contributed by atoms with E-state index in [0.717, 1.165) is 5.56 Å². The van der Waals surface area contributed by atoms with Gasteiger partial charge in [-0.1, -0.05) is 42.5 Å². The summed E-state index contributed by atoms with van der Waals surface area (Å²) in [5.74, 6) is -0.534. The summed E-state index contributed by atoms with van der Waals surface area (Å²) in [7, 11) is 0. The van der Waals surface area contributed by atoms with Crippen molar-refractivity contribution in [2.24, 2.45) is 0 Å². The first kappa shape index (κ1) is 18.3. The van der Waals surface area contributed by atoms with Crippen molar-refractivity contribution in [1.82, 2.24) is 20.6 Å². The Morgan fingerprint density at radius 2 is 1.63 bits per heavy atom. The fourth-order valence-electron chi connectivity index (χ4n) is 2.64. The van der Waals surface area contributed by atoms with E-state index in [0.29, 0.717) is 36.8 Å². The van der Waals surface area contributed by atoms with Gasteiger partial charge in [0.15, 0.2) is 5.82 Å². The molecule has 0 unspecified atom stereocenters. The van der Waals surface area contributed by atoms with Gasteiger partial charge in [0.1, 0.15) is 0 Å². The molecule has 27 heavy (non-hydrogen) atoms. The highest BCUT2D eigenvalue weighted by molar-refractivity contribution is 5.92. The quantitative estimate of drug-likeness (QED) is 0.551. The predicted octanol–water partition coefficient (Wildman–Crippen LogP) is 1.40. The minimum Gasteiger partial charge on any atom is -0.356 e. The molecule has 3 rings (SSSR count). The van der Waals surface area contributed by atoms with E-state index in [1.165, 1.54) is 0 Å². The standard InChI is InChI=1S/C20H20N4O3/c25-17(13-14-7-2-1-3-8-14)21-11-6-12-22-20(27)18-23-16-10-5-4-9-15(16)19(26)24-18/h1-5,7-10H,6,11-13H2,(H,21,25)(H,22,27)(H,23,24,26). The number of benzene rings is 2. The van der Waals surface area contributed by atoms with E-state index in [1.54, 1.807) is 24.3 Å². The van der Waals surface area contributed by atoms with Crippen LogP contribution >= 0.6 is 0 Å². The Hall–Kier alpha value is -3.48. The molecule has 1 heterocycles. The van der Waals surface area contributed by atoms with Gasteiger partial charge in [-0.15, -0.1) is 0 Å². The molecule has 3 aromatic rings. The van der Waals surface area contributed by atoms with E-state index in [2.05, 4.69) is 20.6 Å². The van der Waals surface area contributed by atoms with Crippen LogP contribution in [0.3, 0.4) is 0 Å². The van der Waals surface area contributed by atoms with Crippen molar-refractivity contribution in [2.45, 2.75) is 12.8 Å². The third-order valence-corrected chi connectivity index (χ3v) is 4.00. The minimum atomic E-state index is -0.450. The zero-order chi connectivity index (χ0) is 19.1. The molecule has 0 radical (unpaired) electrons. The highest BCUT2D eigenvalue weighted by Crippen LogP contribution is 2.05. The second-order valence-electron chi connectivity index (χ2n) is 6.05. The van der Waals surface area contributed by atoms with Crippen LogP contribution in [-0.2, 0) is 11.2 Å². The molecule has 1 aromatic heterocycles. The highest BCUT2D eigenvalue weighted by Gasteiger charge is 2.10. The molecule has 0 saturated carbocycles. The lowest BCUT2D eigenvalue weighted by Crippen LogP contribution is -2.32. The summed E-state index contributed by atoms with van der Waals surface area (Å²) in [4.78, 5) is 42.6. The third-order valence-electron chi connectivity index (χ3n) is 4.00. The van der Waals surface area contributed by atoms with Gasteiger partial charge in [-0.3, -0.25) is 14.4 Å². The highest BCUT2D eigenvalue weighted by atomic mass is 16.2. The van der Waals surface area contributed by atoms with Gasteiger partial charge in [0.2, 0.25) is 5.91 Å². The molecule has 0 aliphatic rings. The Bertz CT molecular complexity index is 999. The largest absolute Gasteiger partial charge is 0.356 e. The molecule has 7 heteroatoms. The van der Waals surface area contributed by atoms with Gasteiger partial charge in [-0.05, 0) is 24.1 Å². The molecular formula is C20H20N4O3. The van der Waals surface area contributed by atoms with E-state index in [4.69, 9.17) is 0 Å². The van der Waals surface area contributed by atoms with Gasteiger partial charge in [-0.2, -0.15) is 0 Å². The number of carbonyl (C=O) groups excluding carboxylic acids is 2. The van der Waals surface area contributed by atoms with Crippen molar-refractivity contribution in [3.8, 4) is 0 Å². The number of rotatable bonds is 7. The number of nitrogens with zero attached hydrogens (tertiary/aromatic N) is 1. The maximum Gasteiger partial charge on any atom is 0.287 e. The molecular weight excluding hydrogens is 344 g/mol. The molecule has 2 aromatic carbocycles. The van der Waals surface area contributed by atoms with Gasteiger partial charge in [0.05, 0.1) is 17.3 Å². The number of para-hydroxylation sites is 1. The molecule has 138 valence electrons. The minimum absolute atomic E-state index is 0.0215. The van der Waals surface area contributed by atoms with E-state index in [9.17, 15) is 14.4 Å². The van der Waals surface area contributed by atoms with Crippen molar-refractivity contribution in [2.75, 3.05) is 13.1 Å². The number of H-pyrrole nitrogens is 1. The van der Waals surface area contributed by atoms with Crippen LogP contribution in [0.4, 0.5) is 0 Å².